The Kier molecular flexibility index (Phi) is 5.75. The fraction of sp³-hybridized carbons (Fsp3) is 0.500. The number of methoxy groups -OCH3 is 1. The van der Waals surface area contributed by atoms with Crippen LogP contribution >= 0.6 is 0 Å². The zero-order valence-corrected chi connectivity index (χ0v) is 13.0. The molecule has 1 aromatic carbocycles. The molecule has 0 radical (unpaired) electrons. The Morgan fingerprint density at radius 3 is 2.86 bits per heavy atom. The van der Waals surface area contributed by atoms with Crippen molar-refractivity contribution in [2.24, 2.45) is 5.92 Å². The van der Waals surface area contributed by atoms with E-state index in [1.54, 1.807) is 13.4 Å². The van der Waals surface area contributed by atoms with E-state index in [0.717, 1.165) is 37.6 Å². The first-order chi connectivity index (χ1) is 10.2. The number of hydrogen-bond acceptors (Lipinski definition) is 4. The average molecular weight is 288 g/mol. The van der Waals surface area contributed by atoms with Gasteiger partial charge < -0.3 is 10.1 Å². The van der Waals surface area contributed by atoms with Gasteiger partial charge in [0.1, 0.15) is 17.9 Å². The summed E-state index contributed by atoms with van der Waals surface area (Å²) < 4.78 is 7.33. The van der Waals surface area contributed by atoms with E-state index in [4.69, 9.17) is 4.74 Å². The average Bonchev–Trinajstić information content (AvgIpc) is 2.90. The molecule has 0 bridgehead atoms. The van der Waals surface area contributed by atoms with E-state index in [1.165, 1.54) is 5.56 Å². The lowest BCUT2D eigenvalue weighted by Crippen LogP contribution is -2.21. The maximum atomic E-state index is 5.36. The molecule has 0 atom stereocenters. The number of nitrogens with one attached hydrogen (secondary N) is 1. The maximum absolute atomic E-state index is 5.36. The van der Waals surface area contributed by atoms with Crippen LogP contribution in [0.5, 0.6) is 5.75 Å². The molecule has 0 aliphatic heterocycles. The molecule has 0 aliphatic rings. The van der Waals surface area contributed by atoms with Crippen LogP contribution in [-0.2, 0) is 19.5 Å². The van der Waals surface area contributed by atoms with E-state index in [-0.39, 0.29) is 0 Å². The minimum Gasteiger partial charge on any atom is -0.496 e. The lowest BCUT2D eigenvalue weighted by atomic mass is 10.1. The van der Waals surface area contributed by atoms with E-state index in [1.807, 2.05) is 22.9 Å². The number of benzene rings is 1. The Morgan fingerprint density at radius 2 is 2.10 bits per heavy atom. The largest absolute Gasteiger partial charge is 0.496 e. The number of nitrogens with zero attached hydrogens (tertiary/aromatic N) is 3. The van der Waals surface area contributed by atoms with Gasteiger partial charge in [0.25, 0.3) is 0 Å². The van der Waals surface area contributed by atoms with Crippen LogP contribution in [0.25, 0.3) is 0 Å². The lowest BCUT2D eigenvalue weighted by molar-refractivity contribution is 0.409. The van der Waals surface area contributed by atoms with Crippen molar-refractivity contribution in [1.29, 1.82) is 0 Å². The van der Waals surface area contributed by atoms with Gasteiger partial charge in [0.05, 0.1) is 13.7 Å². The zero-order chi connectivity index (χ0) is 15.1. The molecule has 21 heavy (non-hydrogen) atoms. The van der Waals surface area contributed by atoms with Gasteiger partial charge in [-0.2, -0.15) is 5.10 Å². The third kappa shape index (κ3) is 4.56. The first kappa shape index (κ1) is 15.5. The summed E-state index contributed by atoms with van der Waals surface area (Å²) in [6.45, 7) is 6.89. The lowest BCUT2D eigenvalue weighted by Gasteiger charge is -2.10. The highest BCUT2D eigenvalue weighted by atomic mass is 16.5. The van der Waals surface area contributed by atoms with Crippen LogP contribution < -0.4 is 10.1 Å². The molecule has 0 fully saturated rings. The summed E-state index contributed by atoms with van der Waals surface area (Å²) in [6.07, 6.45) is 2.56. The second-order valence-electron chi connectivity index (χ2n) is 5.49. The third-order valence-corrected chi connectivity index (χ3v) is 3.28. The van der Waals surface area contributed by atoms with E-state index >= 15 is 0 Å². The highest BCUT2D eigenvalue weighted by Crippen LogP contribution is 2.17. The molecule has 1 heterocycles. The van der Waals surface area contributed by atoms with Crippen molar-refractivity contribution in [1.82, 2.24) is 20.1 Å². The number of hydrogen-bond donors (Lipinski definition) is 1. The van der Waals surface area contributed by atoms with Crippen molar-refractivity contribution in [3.05, 3.63) is 42.0 Å². The molecule has 0 spiro atoms. The molecule has 0 amide bonds. The molecule has 1 aromatic heterocycles. The van der Waals surface area contributed by atoms with Crippen molar-refractivity contribution < 1.29 is 4.74 Å². The topological polar surface area (TPSA) is 52.0 Å². The fourth-order valence-electron chi connectivity index (χ4n) is 2.26. The SMILES string of the molecule is COc1ccccc1CCNCc1ncnn1CC(C)C. The second-order valence-corrected chi connectivity index (χ2v) is 5.49. The highest BCUT2D eigenvalue weighted by Gasteiger charge is 2.06. The van der Waals surface area contributed by atoms with Gasteiger partial charge in [-0.1, -0.05) is 32.0 Å². The number of aromatic nitrogens is 3. The van der Waals surface area contributed by atoms with Gasteiger partial charge in [-0.25, -0.2) is 9.67 Å². The van der Waals surface area contributed by atoms with Crippen LogP contribution in [0.1, 0.15) is 25.2 Å². The van der Waals surface area contributed by atoms with Gasteiger partial charge in [0.15, 0.2) is 0 Å². The van der Waals surface area contributed by atoms with Crippen molar-refractivity contribution in [2.75, 3.05) is 13.7 Å². The summed E-state index contributed by atoms with van der Waals surface area (Å²) in [7, 11) is 1.71. The third-order valence-electron chi connectivity index (χ3n) is 3.28. The molecule has 5 heteroatoms. The molecule has 2 rings (SSSR count). The number of ether oxygens (including phenoxy) is 1. The zero-order valence-electron chi connectivity index (χ0n) is 13.0. The van der Waals surface area contributed by atoms with Crippen LogP contribution in [0.4, 0.5) is 0 Å². The number of rotatable bonds is 8. The second kappa shape index (κ2) is 7.78. The maximum Gasteiger partial charge on any atom is 0.140 e. The molecule has 1 N–H and O–H groups in total. The van der Waals surface area contributed by atoms with Crippen molar-refractivity contribution >= 4 is 0 Å². The summed E-state index contributed by atoms with van der Waals surface area (Å²) >= 11 is 0. The van der Waals surface area contributed by atoms with E-state index < -0.39 is 0 Å². The van der Waals surface area contributed by atoms with Crippen molar-refractivity contribution in [3.63, 3.8) is 0 Å². The molecule has 114 valence electrons. The first-order valence-electron chi connectivity index (χ1n) is 7.40. The first-order valence-corrected chi connectivity index (χ1v) is 7.40. The van der Waals surface area contributed by atoms with Gasteiger partial charge in [-0.15, -0.1) is 0 Å². The van der Waals surface area contributed by atoms with Gasteiger partial charge in [-0.3, -0.25) is 0 Å². The predicted molar refractivity (Wildman–Crippen MR) is 83.3 cm³/mol. The molecular weight excluding hydrogens is 264 g/mol. The van der Waals surface area contributed by atoms with Crippen molar-refractivity contribution in [2.45, 2.75) is 33.4 Å². The van der Waals surface area contributed by atoms with E-state index in [2.05, 4.69) is 35.3 Å². The van der Waals surface area contributed by atoms with Crippen LogP contribution in [0.2, 0.25) is 0 Å². The molecular formula is C16H24N4O. The minimum absolute atomic E-state index is 0.569. The predicted octanol–water partition coefficient (Wildman–Crippen LogP) is 2.28. The Balaban J connectivity index is 1.81. The fourth-order valence-corrected chi connectivity index (χ4v) is 2.26. The minimum atomic E-state index is 0.569. The Bertz CT molecular complexity index is 551. The molecule has 0 saturated carbocycles. The molecule has 0 unspecified atom stereocenters. The van der Waals surface area contributed by atoms with Crippen LogP contribution in [-0.4, -0.2) is 28.4 Å². The van der Waals surface area contributed by atoms with Gasteiger partial charge in [0.2, 0.25) is 0 Å². The number of para-hydroxylation sites is 1. The Hall–Kier alpha value is -1.88. The Morgan fingerprint density at radius 1 is 1.29 bits per heavy atom. The van der Waals surface area contributed by atoms with Crippen LogP contribution in [0.3, 0.4) is 0 Å². The molecule has 0 aliphatic carbocycles. The highest BCUT2D eigenvalue weighted by molar-refractivity contribution is 5.33. The summed E-state index contributed by atoms with van der Waals surface area (Å²) in [6, 6.07) is 8.12. The van der Waals surface area contributed by atoms with Gasteiger partial charge >= 0.3 is 0 Å². The van der Waals surface area contributed by atoms with Crippen molar-refractivity contribution in [3.8, 4) is 5.75 Å². The quantitative estimate of drug-likeness (QED) is 0.757. The van der Waals surface area contributed by atoms with E-state index in [0.29, 0.717) is 5.92 Å². The molecule has 5 nitrogen and oxygen atoms in total. The standard InChI is InChI=1S/C16H24N4O/c1-13(2)11-20-16(18-12-19-20)10-17-9-8-14-6-4-5-7-15(14)21-3/h4-7,12-13,17H,8-11H2,1-3H3. The van der Waals surface area contributed by atoms with E-state index in [9.17, 15) is 0 Å². The van der Waals surface area contributed by atoms with Crippen LogP contribution in [0, 0.1) is 5.92 Å². The van der Waals surface area contributed by atoms with Crippen LogP contribution in [0.15, 0.2) is 30.6 Å². The van der Waals surface area contributed by atoms with Gasteiger partial charge in [0, 0.05) is 6.54 Å². The Labute approximate surface area is 126 Å². The summed E-state index contributed by atoms with van der Waals surface area (Å²) in [5, 5.41) is 7.69. The summed E-state index contributed by atoms with van der Waals surface area (Å²) in [5.41, 5.74) is 1.22. The molecule has 2 aromatic rings. The smallest absolute Gasteiger partial charge is 0.140 e. The monoisotopic (exact) mass is 288 g/mol. The summed E-state index contributed by atoms with van der Waals surface area (Å²) in [5.74, 6) is 2.50. The normalized spacial score (nSPS) is 11.0. The van der Waals surface area contributed by atoms with Gasteiger partial charge in [-0.05, 0) is 30.5 Å². The summed E-state index contributed by atoms with van der Waals surface area (Å²) in [4.78, 5) is 4.31. The molecule has 0 saturated heterocycles.